The summed E-state index contributed by atoms with van der Waals surface area (Å²) in [5.41, 5.74) is 1.59. The number of carbonyl (C=O) groups excluding carboxylic acids is 2. The lowest BCUT2D eigenvalue weighted by atomic mass is 10.2. The van der Waals surface area contributed by atoms with E-state index < -0.39 is 0 Å². The summed E-state index contributed by atoms with van der Waals surface area (Å²) >= 11 is 1.60. The van der Waals surface area contributed by atoms with E-state index in [2.05, 4.69) is 5.32 Å². The second-order valence-corrected chi connectivity index (χ2v) is 5.80. The van der Waals surface area contributed by atoms with Crippen molar-refractivity contribution in [2.24, 2.45) is 0 Å². The molecule has 1 aromatic carbocycles. The predicted octanol–water partition coefficient (Wildman–Crippen LogP) is 2.54. The lowest BCUT2D eigenvalue weighted by Gasteiger charge is -2.16. The number of hydrogen-bond acceptors (Lipinski definition) is 4. The molecule has 0 aliphatic carbocycles. The van der Waals surface area contributed by atoms with Crippen molar-refractivity contribution in [1.29, 1.82) is 0 Å². The third-order valence-corrected chi connectivity index (χ3v) is 3.99. The van der Waals surface area contributed by atoms with Gasteiger partial charge >= 0.3 is 0 Å². The van der Waals surface area contributed by atoms with E-state index in [0.717, 1.165) is 11.3 Å². The van der Waals surface area contributed by atoms with E-state index in [-0.39, 0.29) is 18.4 Å². The molecule has 2 amide bonds. The van der Waals surface area contributed by atoms with Gasteiger partial charge in [0.15, 0.2) is 0 Å². The van der Waals surface area contributed by atoms with Gasteiger partial charge in [0.1, 0.15) is 5.75 Å². The second-order valence-electron chi connectivity index (χ2n) is 5.02. The summed E-state index contributed by atoms with van der Waals surface area (Å²) in [4.78, 5) is 25.7. The summed E-state index contributed by atoms with van der Waals surface area (Å²) in [5, 5.41) is 6.62. The van der Waals surface area contributed by atoms with Crippen molar-refractivity contribution in [2.45, 2.75) is 13.5 Å². The zero-order chi connectivity index (χ0) is 16.7. The number of nitrogens with one attached hydrogen (secondary N) is 1. The summed E-state index contributed by atoms with van der Waals surface area (Å²) in [6, 6.07) is 8.82. The fourth-order valence-corrected chi connectivity index (χ4v) is 2.67. The van der Waals surface area contributed by atoms with E-state index in [0.29, 0.717) is 18.7 Å². The number of hydrogen-bond donors (Lipinski definition) is 1. The molecule has 1 heterocycles. The summed E-state index contributed by atoms with van der Waals surface area (Å²) in [7, 11) is 1.73. The zero-order valence-corrected chi connectivity index (χ0v) is 14.1. The van der Waals surface area contributed by atoms with Crippen LogP contribution in [0.3, 0.4) is 0 Å². The van der Waals surface area contributed by atoms with Crippen LogP contribution in [0.1, 0.15) is 22.8 Å². The van der Waals surface area contributed by atoms with E-state index in [1.54, 1.807) is 47.5 Å². The molecule has 0 aliphatic heterocycles. The largest absolute Gasteiger partial charge is 0.494 e. The van der Waals surface area contributed by atoms with Crippen LogP contribution in [0.25, 0.3) is 0 Å². The van der Waals surface area contributed by atoms with Crippen molar-refractivity contribution in [1.82, 2.24) is 10.2 Å². The minimum atomic E-state index is -0.273. The van der Waals surface area contributed by atoms with Gasteiger partial charge in [-0.2, -0.15) is 11.3 Å². The first kappa shape index (κ1) is 17.0. The molecular weight excluding hydrogens is 312 g/mol. The molecule has 0 unspecified atom stereocenters. The van der Waals surface area contributed by atoms with E-state index in [1.165, 1.54) is 0 Å². The molecule has 1 N–H and O–H groups in total. The lowest BCUT2D eigenvalue weighted by molar-refractivity contribution is -0.129. The normalized spacial score (nSPS) is 10.2. The van der Waals surface area contributed by atoms with E-state index in [4.69, 9.17) is 4.74 Å². The number of benzene rings is 1. The van der Waals surface area contributed by atoms with Crippen LogP contribution in [0.5, 0.6) is 5.75 Å². The third-order valence-electron chi connectivity index (χ3n) is 3.25. The topological polar surface area (TPSA) is 58.6 Å². The number of thiophene rings is 1. The summed E-state index contributed by atoms with van der Waals surface area (Å²) < 4.78 is 5.33. The third kappa shape index (κ3) is 5.10. The molecule has 122 valence electrons. The van der Waals surface area contributed by atoms with Gasteiger partial charge in [-0.3, -0.25) is 9.59 Å². The van der Waals surface area contributed by atoms with Crippen molar-refractivity contribution in [2.75, 3.05) is 20.2 Å². The Hall–Kier alpha value is -2.34. The van der Waals surface area contributed by atoms with Gasteiger partial charge < -0.3 is 15.0 Å². The van der Waals surface area contributed by atoms with Gasteiger partial charge in [-0.15, -0.1) is 0 Å². The van der Waals surface area contributed by atoms with Gasteiger partial charge in [0.2, 0.25) is 5.91 Å². The highest BCUT2D eigenvalue weighted by atomic mass is 32.1. The summed E-state index contributed by atoms with van der Waals surface area (Å²) in [6.07, 6.45) is 0. The monoisotopic (exact) mass is 332 g/mol. The Morgan fingerprint density at radius 2 is 1.96 bits per heavy atom. The van der Waals surface area contributed by atoms with Crippen molar-refractivity contribution in [3.63, 3.8) is 0 Å². The number of amides is 2. The van der Waals surface area contributed by atoms with Crippen LogP contribution >= 0.6 is 11.3 Å². The molecule has 0 fully saturated rings. The fraction of sp³-hybridized carbons (Fsp3) is 0.294. The number of carbonyl (C=O) groups is 2. The molecule has 0 saturated heterocycles. The first-order chi connectivity index (χ1) is 11.1. The van der Waals surface area contributed by atoms with Crippen molar-refractivity contribution >= 4 is 23.2 Å². The zero-order valence-electron chi connectivity index (χ0n) is 13.2. The van der Waals surface area contributed by atoms with Gasteiger partial charge in [-0.25, -0.2) is 0 Å². The molecule has 2 rings (SSSR count). The van der Waals surface area contributed by atoms with Gasteiger partial charge in [0, 0.05) is 19.2 Å². The van der Waals surface area contributed by atoms with E-state index in [1.807, 2.05) is 23.8 Å². The summed E-state index contributed by atoms with van der Waals surface area (Å²) in [5.74, 6) is 0.316. The SMILES string of the molecule is CCOc1ccc(C(=O)NCC(=O)N(C)Cc2ccsc2)cc1. The molecule has 2 aromatic rings. The van der Waals surface area contributed by atoms with Crippen LogP contribution in [-0.4, -0.2) is 36.9 Å². The molecule has 5 nitrogen and oxygen atoms in total. The highest BCUT2D eigenvalue weighted by Crippen LogP contribution is 2.12. The molecule has 0 radical (unpaired) electrons. The van der Waals surface area contributed by atoms with Crippen LogP contribution in [0.2, 0.25) is 0 Å². The highest BCUT2D eigenvalue weighted by Gasteiger charge is 2.12. The minimum absolute atomic E-state index is 0.0211. The van der Waals surface area contributed by atoms with Crippen molar-refractivity contribution in [3.05, 3.63) is 52.2 Å². The van der Waals surface area contributed by atoms with Gasteiger partial charge in [-0.1, -0.05) is 0 Å². The Balaban J connectivity index is 1.82. The van der Waals surface area contributed by atoms with Crippen LogP contribution in [0.15, 0.2) is 41.1 Å². The smallest absolute Gasteiger partial charge is 0.251 e. The van der Waals surface area contributed by atoms with Gasteiger partial charge in [0.25, 0.3) is 5.91 Å². The molecule has 23 heavy (non-hydrogen) atoms. The van der Waals surface area contributed by atoms with E-state index in [9.17, 15) is 9.59 Å². The minimum Gasteiger partial charge on any atom is -0.494 e. The quantitative estimate of drug-likeness (QED) is 0.848. The highest BCUT2D eigenvalue weighted by molar-refractivity contribution is 7.07. The standard InChI is InChI=1S/C17H20N2O3S/c1-3-22-15-6-4-14(5-7-15)17(21)18-10-16(20)19(2)11-13-8-9-23-12-13/h4-9,12H,3,10-11H2,1-2H3,(H,18,21). The maximum absolute atomic E-state index is 12.0. The van der Waals surface area contributed by atoms with Crippen LogP contribution in [0.4, 0.5) is 0 Å². The fourth-order valence-electron chi connectivity index (χ4n) is 2.01. The first-order valence-electron chi connectivity index (χ1n) is 7.36. The number of rotatable bonds is 7. The molecule has 0 atom stereocenters. The molecule has 0 aliphatic rings. The van der Waals surface area contributed by atoms with Crippen LogP contribution in [0, 0.1) is 0 Å². The predicted molar refractivity (Wildman–Crippen MR) is 90.7 cm³/mol. The van der Waals surface area contributed by atoms with Gasteiger partial charge in [0.05, 0.1) is 13.2 Å². The first-order valence-corrected chi connectivity index (χ1v) is 8.30. The average Bonchev–Trinajstić information content (AvgIpc) is 3.06. The average molecular weight is 332 g/mol. The Kier molecular flexibility index (Phi) is 6.17. The number of likely N-dealkylation sites (N-methyl/N-ethyl adjacent to an activating group) is 1. The number of nitrogens with zero attached hydrogens (tertiary/aromatic N) is 1. The molecule has 0 bridgehead atoms. The number of ether oxygens (including phenoxy) is 1. The Bertz CT molecular complexity index is 638. The van der Waals surface area contributed by atoms with Crippen LogP contribution < -0.4 is 10.1 Å². The maximum Gasteiger partial charge on any atom is 0.251 e. The Morgan fingerprint density at radius 1 is 1.22 bits per heavy atom. The molecule has 0 saturated carbocycles. The molecule has 1 aromatic heterocycles. The molecule has 6 heteroatoms. The second kappa shape index (κ2) is 8.33. The van der Waals surface area contributed by atoms with E-state index >= 15 is 0 Å². The Labute approximate surface area is 139 Å². The van der Waals surface area contributed by atoms with Crippen molar-refractivity contribution < 1.29 is 14.3 Å². The summed E-state index contributed by atoms with van der Waals surface area (Å²) in [6.45, 7) is 3.00. The molecule has 0 spiro atoms. The maximum atomic E-state index is 12.0. The lowest BCUT2D eigenvalue weighted by Crippen LogP contribution is -2.37. The van der Waals surface area contributed by atoms with Crippen LogP contribution in [-0.2, 0) is 11.3 Å². The molecular formula is C17H20N2O3S. The Morgan fingerprint density at radius 3 is 2.57 bits per heavy atom. The van der Waals surface area contributed by atoms with Gasteiger partial charge in [-0.05, 0) is 53.6 Å². The van der Waals surface area contributed by atoms with Crippen molar-refractivity contribution in [3.8, 4) is 5.75 Å².